The van der Waals surface area contributed by atoms with Gasteiger partial charge in [-0.3, -0.25) is 4.68 Å². The lowest BCUT2D eigenvalue weighted by Crippen LogP contribution is -2.24. The first-order valence-electron chi connectivity index (χ1n) is 4.68. The van der Waals surface area contributed by atoms with Crippen LogP contribution in [0.25, 0.3) is 0 Å². The first-order chi connectivity index (χ1) is 6.71. The largest absolute Gasteiger partial charge is 0.253 e. The van der Waals surface area contributed by atoms with Gasteiger partial charge in [-0.1, -0.05) is 0 Å². The zero-order valence-corrected chi connectivity index (χ0v) is 11.3. The highest BCUT2D eigenvalue weighted by molar-refractivity contribution is 9.10. The summed E-state index contributed by atoms with van der Waals surface area (Å²) in [5.74, 6) is 0.184. The van der Waals surface area contributed by atoms with Crippen molar-refractivity contribution in [1.82, 2.24) is 9.78 Å². The number of hydrogen-bond donors (Lipinski definition) is 0. The minimum Gasteiger partial charge on any atom is -0.253 e. The summed E-state index contributed by atoms with van der Waals surface area (Å²) in [6.07, 6.45) is 0. The van der Waals surface area contributed by atoms with E-state index in [1.807, 2.05) is 25.5 Å². The molecule has 0 unspecified atom stereocenters. The van der Waals surface area contributed by atoms with Gasteiger partial charge in [-0.2, -0.15) is 5.10 Å². The van der Waals surface area contributed by atoms with Crippen molar-refractivity contribution in [2.45, 2.75) is 37.8 Å². The maximum atomic E-state index is 11.4. The van der Waals surface area contributed by atoms with Crippen molar-refractivity contribution in [2.75, 3.05) is 0 Å². The smallest absolute Gasteiger partial charge is 0.160 e. The Labute approximate surface area is 97.7 Å². The van der Waals surface area contributed by atoms with E-state index in [9.17, 15) is 8.42 Å². The summed E-state index contributed by atoms with van der Waals surface area (Å²) in [7, 11) is -2.95. The van der Waals surface area contributed by atoms with Crippen LogP contribution in [0.15, 0.2) is 4.60 Å². The minimum absolute atomic E-state index is 0.0734. The summed E-state index contributed by atoms with van der Waals surface area (Å²) in [5, 5.41) is 4.35. The molecule has 0 saturated heterocycles. The van der Waals surface area contributed by atoms with E-state index in [0.717, 1.165) is 10.2 Å². The summed E-state index contributed by atoms with van der Waals surface area (Å²) in [6, 6.07) is 0. The summed E-state index contributed by atoms with van der Waals surface area (Å²) in [5.41, 5.74) is 1.38. The van der Waals surface area contributed by atoms with Gasteiger partial charge in [0.15, 0.2) is 9.84 Å². The fourth-order valence-electron chi connectivity index (χ4n) is 1.65. The Kier molecular flexibility index (Phi) is 2.28. The van der Waals surface area contributed by atoms with Crippen molar-refractivity contribution in [2.24, 2.45) is 0 Å². The Bertz CT molecular complexity index is 511. The zero-order valence-electron chi connectivity index (χ0n) is 8.91. The van der Waals surface area contributed by atoms with E-state index in [2.05, 4.69) is 21.0 Å². The Morgan fingerprint density at radius 2 is 1.93 bits per heavy atom. The van der Waals surface area contributed by atoms with Gasteiger partial charge in [0.1, 0.15) is 4.60 Å². The van der Waals surface area contributed by atoms with Crippen molar-refractivity contribution in [3.05, 3.63) is 15.9 Å². The molecule has 1 aromatic heterocycles. The highest BCUT2D eigenvalue weighted by Crippen LogP contribution is 2.33. The number of aromatic nitrogens is 2. The van der Waals surface area contributed by atoms with Crippen LogP contribution < -0.4 is 0 Å². The van der Waals surface area contributed by atoms with Crippen LogP contribution in [0.3, 0.4) is 0 Å². The normalized spacial score (nSPS) is 19.2. The van der Waals surface area contributed by atoms with Crippen molar-refractivity contribution in [1.29, 1.82) is 0 Å². The van der Waals surface area contributed by atoms with Gasteiger partial charge in [0.05, 0.1) is 22.7 Å². The minimum atomic E-state index is -2.95. The van der Waals surface area contributed by atoms with Crippen molar-refractivity contribution in [3.8, 4) is 0 Å². The number of sulfone groups is 1. The van der Waals surface area contributed by atoms with Gasteiger partial charge in [-0.05, 0) is 36.7 Å². The molecule has 1 aliphatic heterocycles. The molecule has 6 heteroatoms. The van der Waals surface area contributed by atoms with Crippen LogP contribution in [-0.2, 0) is 26.9 Å². The number of halogens is 1. The maximum absolute atomic E-state index is 11.4. The Morgan fingerprint density at radius 1 is 1.33 bits per heavy atom. The molecule has 2 rings (SSSR count). The molecule has 0 amide bonds. The van der Waals surface area contributed by atoms with Gasteiger partial charge in [-0.25, -0.2) is 8.42 Å². The van der Waals surface area contributed by atoms with Crippen molar-refractivity contribution >= 4 is 25.8 Å². The molecule has 0 spiro atoms. The van der Waals surface area contributed by atoms with Crippen LogP contribution in [0, 0.1) is 0 Å². The second-order valence-corrected chi connectivity index (χ2v) is 7.65. The molecular weight excluding hydrogens is 280 g/mol. The zero-order chi connectivity index (χ0) is 11.4. The molecule has 0 fully saturated rings. The fourth-order valence-corrected chi connectivity index (χ4v) is 4.31. The molecule has 0 bridgehead atoms. The molecule has 0 aromatic carbocycles. The van der Waals surface area contributed by atoms with Crippen LogP contribution in [0.5, 0.6) is 0 Å². The van der Waals surface area contributed by atoms with Crippen molar-refractivity contribution in [3.63, 3.8) is 0 Å². The first-order valence-corrected chi connectivity index (χ1v) is 7.29. The number of fused-ring (bicyclic) bond motifs is 1. The Balaban J connectivity index is 2.54. The van der Waals surface area contributed by atoms with E-state index in [1.54, 1.807) is 0 Å². The average molecular weight is 293 g/mol. The highest BCUT2D eigenvalue weighted by Gasteiger charge is 2.33. The van der Waals surface area contributed by atoms with Crippen molar-refractivity contribution < 1.29 is 8.42 Å². The summed E-state index contributed by atoms with van der Waals surface area (Å²) < 4.78 is 25.4. The lowest BCUT2D eigenvalue weighted by atomic mass is 10.1. The standard InChI is InChI=1S/C9H13BrN2O2S/c1-9(2,3)12-8(10)6-4-15(13,14)5-7(6)11-12/h4-5H2,1-3H3. The van der Waals surface area contributed by atoms with Gasteiger partial charge in [0.25, 0.3) is 0 Å². The highest BCUT2D eigenvalue weighted by atomic mass is 79.9. The van der Waals surface area contributed by atoms with Crippen LogP contribution in [0.1, 0.15) is 32.0 Å². The summed E-state index contributed by atoms with van der Waals surface area (Å²) in [6.45, 7) is 6.11. The predicted molar refractivity (Wildman–Crippen MR) is 61.3 cm³/mol. The first kappa shape index (κ1) is 11.1. The topological polar surface area (TPSA) is 52.0 Å². The molecule has 84 valence electrons. The fraction of sp³-hybridized carbons (Fsp3) is 0.667. The van der Waals surface area contributed by atoms with Crippen LogP contribution >= 0.6 is 15.9 Å². The van der Waals surface area contributed by atoms with E-state index < -0.39 is 9.84 Å². The number of hydrogen-bond acceptors (Lipinski definition) is 3. The number of nitrogens with zero attached hydrogens (tertiary/aromatic N) is 2. The van der Waals surface area contributed by atoms with Gasteiger partial charge in [0.2, 0.25) is 0 Å². The number of rotatable bonds is 0. The van der Waals surface area contributed by atoms with Crippen LogP contribution in [0.2, 0.25) is 0 Å². The Morgan fingerprint density at radius 3 is 2.40 bits per heavy atom. The van der Waals surface area contributed by atoms with E-state index in [1.165, 1.54) is 0 Å². The second-order valence-electron chi connectivity index (χ2n) is 4.83. The second kappa shape index (κ2) is 3.07. The molecule has 0 atom stereocenters. The third-order valence-electron chi connectivity index (χ3n) is 2.36. The third-order valence-corrected chi connectivity index (χ3v) is 4.62. The molecular formula is C9H13BrN2O2S. The lowest BCUT2D eigenvalue weighted by Gasteiger charge is -2.20. The average Bonchev–Trinajstić information content (AvgIpc) is 2.45. The van der Waals surface area contributed by atoms with E-state index in [4.69, 9.17) is 0 Å². The molecule has 4 nitrogen and oxygen atoms in total. The van der Waals surface area contributed by atoms with E-state index in [-0.39, 0.29) is 17.0 Å². The summed E-state index contributed by atoms with van der Waals surface area (Å²) >= 11 is 3.43. The molecule has 0 saturated carbocycles. The molecule has 0 N–H and O–H groups in total. The summed E-state index contributed by atoms with van der Waals surface area (Å²) in [4.78, 5) is 0. The van der Waals surface area contributed by atoms with E-state index in [0.29, 0.717) is 5.69 Å². The third kappa shape index (κ3) is 1.85. The van der Waals surface area contributed by atoms with Gasteiger partial charge in [-0.15, -0.1) is 0 Å². The van der Waals surface area contributed by atoms with Gasteiger partial charge >= 0.3 is 0 Å². The monoisotopic (exact) mass is 292 g/mol. The predicted octanol–water partition coefficient (Wildman–Crippen LogP) is 1.83. The molecule has 0 aliphatic carbocycles. The Hall–Kier alpha value is -0.360. The van der Waals surface area contributed by atoms with E-state index >= 15 is 0 Å². The molecule has 0 radical (unpaired) electrons. The maximum Gasteiger partial charge on any atom is 0.160 e. The van der Waals surface area contributed by atoms with Crippen LogP contribution in [-0.4, -0.2) is 18.2 Å². The SMILES string of the molecule is CC(C)(C)n1nc2c(c1Br)CS(=O)(=O)C2. The lowest BCUT2D eigenvalue weighted by molar-refractivity contribution is 0.346. The van der Waals surface area contributed by atoms with Gasteiger partial charge < -0.3 is 0 Å². The van der Waals surface area contributed by atoms with Gasteiger partial charge in [0, 0.05) is 5.56 Å². The molecule has 15 heavy (non-hydrogen) atoms. The molecule has 1 aliphatic rings. The quantitative estimate of drug-likeness (QED) is 0.733. The van der Waals surface area contributed by atoms with Crippen LogP contribution in [0.4, 0.5) is 0 Å². The molecule has 1 aromatic rings. The molecule has 2 heterocycles.